The van der Waals surface area contributed by atoms with Gasteiger partial charge in [-0.3, -0.25) is 0 Å². The van der Waals surface area contributed by atoms with Crippen molar-refractivity contribution in [3.8, 4) is 0 Å². The molecule has 112 valence electrons. The molecule has 0 bridgehead atoms. The fraction of sp³-hybridized carbons (Fsp3) is 0.500. The van der Waals surface area contributed by atoms with Crippen LogP contribution in [0.4, 0.5) is 4.79 Å². The molecule has 1 aromatic carbocycles. The summed E-state index contributed by atoms with van der Waals surface area (Å²) in [5, 5.41) is 0.436. The minimum Gasteiger partial charge on any atom is -0.412 e. The van der Waals surface area contributed by atoms with Gasteiger partial charge >= 0.3 is 6.09 Å². The van der Waals surface area contributed by atoms with Crippen molar-refractivity contribution in [3.63, 3.8) is 0 Å². The number of carbonyl (C=O) groups excluding carboxylic acids is 1. The lowest BCUT2D eigenvalue weighted by molar-refractivity contribution is -0.255. The molecule has 0 fully saturated rings. The second-order valence-electron chi connectivity index (χ2n) is 4.80. The van der Waals surface area contributed by atoms with E-state index in [1.807, 2.05) is 13.8 Å². The maximum Gasteiger partial charge on any atom is 0.407 e. The smallest absolute Gasteiger partial charge is 0.407 e. The predicted molar refractivity (Wildman–Crippen MR) is 76.2 cm³/mol. The highest BCUT2D eigenvalue weighted by Gasteiger charge is 2.40. The topological polar surface area (TPSA) is 70.8 Å². The lowest BCUT2D eigenvalue weighted by Gasteiger charge is -2.34. The maximum absolute atomic E-state index is 11.3. The minimum absolute atomic E-state index is 0.0504. The van der Waals surface area contributed by atoms with Crippen LogP contribution in [0.2, 0.25) is 5.02 Å². The molecule has 5 nitrogen and oxygen atoms in total. The number of carbonyl (C=O) groups is 1. The van der Waals surface area contributed by atoms with Crippen molar-refractivity contribution in [3.05, 3.63) is 34.9 Å². The molecule has 0 radical (unpaired) electrons. The summed E-state index contributed by atoms with van der Waals surface area (Å²) in [6.45, 7) is 3.91. The van der Waals surface area contributed by atoms with Gasteiger partial charge in [0.1, 0.15) is 0 Å². The molecule has 1 aromatic rings. The molecule has 0 aliphatic carbocycles. The molecule has 20 heavy (non-hydrogen) atoms. The van der Waals surface area contributed by atoms with Crippen LogP contribution in [-0.2, 0) is 20.0 Å². The Labute approximate surface area is 123 Å². The van der Waals surface area contributed by atoms with Crippen LogP contribution in [0.3, 0.4) is 0 Å². The highest BCUT2D eigenvalue weighted by Crippen LogP contribution is 2.38. The Morgan fingerprint density at radius 2 is 2.05 bits per heavy atom. The first-order valence-corrected chi connectivity index (χ1v) is 6.65. The zero-order chi connectivity index (χ0) is 15.2. The van der Waals surface area contributed by atoms with Gasteiger partial charge in [-0.15, -0.1) is 0 Å². The number of methoxy groups -OCH3 is 1. The van der Waals surface area contributed by atoms with Gasteiger partial charge in [0, 0.05) is 19.1 Å². The predicted octanol–water partition coefficient (Wildman–Crippen LogP) is 3.25. The van der Waals surface area contributed by atoms with Gasteiger partial charge in [0.05, 0.1) is 5.02 Å². The Hall–Kier alpha value is -1.30. The fourth-order valence-electron chi connectivity index (χ4n) is 2.00. The minimum atomic E-state index is -1.35. The maximum atomic E-state index is 11.3. The number of nitrogens with two attached hydrogens (primary N) is 1. The molecule has 0 spiro atoms. The summed E-state index contributed by atoms with van der Waals surface area (Å²) in [7, 11) is 1.48. The summed E-state index contributed by atoms with van der Waals surface area (Å²) in [6, 6.07) is 7.01. The SMILES string of the molecule is COCO[C@@](CC(C)C)(OC(N)=O)c1ccccc1Cl. The third-order valence-corrected chi connectivity index (χ3v) is 2.97. The van der Waals surface area contributed by atoms with Crippen LogP contribution in [0.1, 0.15) is 25.8 Å². The van der Waals surface area contributed by atoms with E-state index >= 15 is 0 Å². The largest absolute Gasteiger partial charge is 0.412 e. The van der Waals surface area contributed by atoms with Gasteiger partial charge < -0.3 is 19.9 Å². The Bertz CT molecular complexity index is 453. The van der Waals surface area contributed by atoms with E-state index in [1.165, 1.54) is 7.11 Å². The third-order valence-electron chi connectivity index (χ3n) is 2.64. The number of halogens is 1. The summed E-state index contributed by atoms with van der Waals surface area (Å²) in [6.07, 6.45) is -0.523. The van der Waals surface area contributed by atoms with Gasteiger partial charge in [0.2, 0.25) is 5.79 Å². The summed E-state index contributed by atoms with van der Waals surface area (Å²) in [5.74, 6) is -1.17. The van der Waals surface area contributed by atoms with E-state index in [2.05, 4.69) is 0 Å². The van der Waals surface area contributed by atoms with Crippen LogP contribution in [0, 0.1) is 5.92 Å². The van der Waals surface area contributed by atoms with E-state index in [0.29, 0.717) is 17.0 Å². The fourth-order valence-corrected chi connectivity index (χ4v) is 2.28. The Balaban J connectivity index is 3.26. The standard InChI is InChI=1S/C14H20ClNO4/c1-10(2)8-14(19-9-18-3,20-13(16)17)11-6-4-5-7-12(11)15/h4-7,10H,8-9H2,1-3H3,(H2,16,17)/t14-/m0/s1. The van der Waals surface area contributed by atoms with Gasteiger partial charge in [0.15, 0.2) is 6.79 Å². The van der Waals surface area contributed by atoms with Gasteiger partial charge in [-0.1, -0.05) is 43.6 Å². The average Bonchev–Trinajstić information content (AvgIpc) is 2.35. The van der Waals surface area contributed by atoms with E-state index < -0.39 is 11.9 Å². The van der Waals surface area contributed by atoms with Crippen LogP contribution < -0.4 is 5.73 Å². The summed E-state index contributed by atoms with van der Waals surface area (Å²) in [5.41, 5.74) is 5.74. The first kappa shape index (κ1) is 16.8. The first-order chi connectivity index (χ1) is 9.41. The molecule has 0 aliphatic heterocycles. The molecule has 1 amide bonds. The Morgan fingerprint density at radius 1 is 1.40 bits per heavy atom. The highest BCUT2D eigenvalue weighted by atomic mass is 35.5. The van der Waals surface area contributed by atoms with E-state index in [0.717, 1.165) is 0 Å². The molecular weight excluding hydrogens is 282 g/mol. The van der Waals surface area contributed by atoms with E-state index in [-0.39, 0.29) is 12.7 Å². The third kappa shape index (κ3) is 4.37. The number of benzene rings is 1. The average molecular weight is 302 g/mol. The van der Waals surface area contributed by atoms with Crippen molar-refractivity contribution in [1.29, 1.82) is 0 Å². The first-order valence-electron chi connectivity index (χ1n) is 6.27. The van der Waals surface area contributed by atoms with Crippen molar-refractivity contribution in [1.82, 2.24) is 0 Å². The Kier molecular flexibility index (Phi) is 6.26. The molecular formula is C14H20ClNO4. The summed E-state index contributed by atoms with van der Waals surface area (Å²) >= 11 is 6.20. The number of ether oxygens (including phenoxy) is 3. The summed E-state index contributed by atoms with van der Waals surface area (Å²) in [4.78, 5) is 11.3. The normalized spacial score (nSPS) is 14.1. The van der Waals surface area contributed by atoms with Crippen LogP contribution in [-0.4, -0.2) is 20.0 Å². The molecule has 2 N–H and O–H groups in total. The van der Waals surface area contributed by atoms with Crippen molar-refractivity contribution in [2.45, 2.75) is 26.1 Å². The number of primary amides is 1. The van der Waals surface area contributed by atoms with Crippen molar-refractivity contribution in [2.24, 2.45) is 11.7 Å². The van der Waals surface area contributed by atoms with E-state index in [9.17, 15) is 4.79 Å². The van der Waals surface area contributed by atoms with Gasteiger partial charge in [-0.05, 0) is 12.0 Å². The van der Waals surface area contributed by atoms with E-state index in [4.69, 9.17) is 31.5 Å². The van der Waals surface area contributed by atoms with Crippen LogP contribution >= 0.6 is 11.6 Å². The molecule has 0 saturated carbocycles. The van der Waals surface area contributed by atoms with Crippen LogP contribution in [0.5, 0.6) is 0 Å². The summed E-state index contributed by atoms with van der Waals surface area (Å²) < 4.78 is 15.8. The number of hydrogen-bond acceptors (Lipinski definition) is 4. The lowest BCUT2D eigenvalue weighted by Crippen LogP contribution is -2.39. The molecule has 0 unspecified atom stereocenters. The van der Waals surface area contributed by atoms with Gasteiger partial charge in [-0.2, -0.15) is 0 Å². The molecule has 0 saturated heterocycles. The van der Waals surface area contributed by atoms with Crippen molar-refractivity contribution in [2.75, 3.05) is 13.9 Å². The van der Waals surface area contributed by atoms with Crippen LogP contribution in [0.25, 0.3) is 0 Å². The molecule has 1 atom stereocenters. The van der Waals surface area contributed by atoms with Crippen LogP contribution in [0.15, 0.2) is 24.3 Å². The number of hydrogen-bond donors (Lipinski definition) is 1. The highest BCUT2D eigenvalue weighted by molar-refractivity contribution is 6.31. The van der Waals surface area contributed by atoms with Gasteiger partial charge in [0.25, 0.3) is 0 Å². The van der Waals surface area contributed by atoms with Gasteiger partial charge in [-0.25, -0.2) is 4.79 Å². The monoisotopic (exact) mass is 301 g/mol. The molecule has 0 aliphatic rings. The van der Waals surface area contributed by atoms with E-state index in [1.54, 1.807) is 24.3 Å². The van der Waals surface area contributed by atoms with Crippen molar-refractivity contribution >= 4 is 17.7 Å². The second kappa shape index (κ2) is 7.47. The Morgan fingerprint density at radius 3 is 2.55 bits per heavy atom. The second-order valence-corrected chi connectivity index (χ2v) is 5.21. The zero-order valence-corrected chi connectivity index (χ0v) is 12.6. The van der Waals surface area contributed by atoms with Crippen molar-refractivity contribution < 1.29 is 19.0 Å². The quantitative estimate of drug-likeness (QED) is 0.785. The molecule has 6 heteroatoms. The number of amides is 1. The lowest BCUT2D eigenvalue weighted by atomic mass is 9.95. The molecule has 0 aromatic heterocycles. The molecule has 1 rings (SSSR count). The molecule has 0 heterocycles. The zero-order valence-electron chi connectivity index (χ0n) is 11.9. The number of rotatable bonds is 7.